The molecular weight excluding hydrogens is 406 g/mol. The van der Waals surface area contributed by atoms with Gasteiger partial charge in [-0.3, -0.25) is 10.1 Å². The molecule has 28 heavy (non-hydrogen) atoms. The number of nitrogens with one attached hydrogen (secondary N) is 1. The lowest BCUT2D eigenvalue weighted by atomic mass is 10.0. The Morgan fingerprint density at radius 1 is 1.25 bits per heavy atom. The number of nitrogens with zero attached hydrogens (tertiary/aromatic N) is 2. The number of para-hydroxylation sites is 1. The zero-order valence-corrected chi connectivity index (χ0v) is 17.1. The van der Waals surface area contributed by atoms with E-state index < -0.39 is 21.0 Å². The van der Waals surface area contributed by atoms with Gasteiger partial charge >= 0.3 is 0 Å². The number of nitro benzene ring substituents is 1. The number of rotatable bonds is 5. The molecule has 0 amide bonds. The predicted octanol–water partition coefficient (Wildman–Crippen LogP) is 2.67. The molecule has 1 aliphatic rings. The standard InChI is InChI=1S/C18H21N3O5S.ClH/c1-13-7-8-14(21(22)23)11-18(13)27(24,25)20-10-9-19-12-16(20)15-5-3-4-6-17(15)26-2;/h3-8,11,16,19H,9-10,12H2,1-2H3;1H. The number of methoxy groups -OCH3 is 1. The Labute approximate surface area is 170 Å². The zero-order valence-electron chi connectivity index (χ0n) is 15.5. The van der Waals surface area contributed by atoms with Crippen LogP contribution >= 0.6 is 12.4 Å². The number of aryl methyl sites for hydroxylation is 1. The summed E-state index contributed by atoms with van der Waals surface area (Å²) in [6.07, 6.45) is 0. The number of benzene rings is 2. The van der Waals surface area contributed by atoms with E-state index in [9.17, 15) is 18.5 Å². The molecule has 1 atom stereocenters. The van der Waals surface area contributed by atoms with E-state index in [1.165, 1.54) is 16.4 Å². The lowest BCUT2D eigenvalue weighted by Crippen LogP contribution is -2.48. The van der Waals surface area contributed by atoms with Crippen LogP contribution < -0.4 is 10.1 Å². The monoisotopic (exact) mass is 427 g/mol. The van der Waals surface area contributed by atoms with Crippen molar-refractivity contribution < 1.29 is 18.1 Å². The summed E-state index contributed by atoms with van der Waals surface area (Å²) in [5, 5.41) is 14.3. The van der Waals surface area contributed by atoms with Gasteiger partial charge in [0.05, 0.1) is 23.0 Å². The van der Waals surface area contributed by atoms with E-state index in [1.807, 2.05) is 18.2 Å². The maximum absolute atomic E-state index is 13.4. The Morgan fingerprint density at radius 2 is 1.96 bits per heavy atom. The predicted molar refractivity (Wildman–Crippen MR) is 108 cm³/mol. The SMILES string of the molecule is COc1ccccc1C1CNCCN1S(=O)(=O)c1cc([N+](=O)[O-])ccc1C.Cl. The van der Waals surface area contributed by atoms with Gasteiger partial charge in [0.15, 0.2) is 0 Å². The lowest BCUT2D eigenvalue weighted by Gasteiger charge is -2.36. The first kappa shape index (κ1) is 22.1. The average molecular weight is 428 g/mol. The minimum absolute atomic E-state index is 0. The number of piperazine rings is 1. The summed E-state index contributed by atoms with van der Waals surface area (Å²) in [5.41, 5.74) is 0.972. The van der Waals surface area contributed by atoms with Gasteiger partial charge in [-0.15, -0.1) is 12.4 Å². The van der Waals surface area contributed by atoms with Crippen LogP contribution in [0.25, 0.3) is 0 Å². The third-order valence-corrected chi connectivity index (χ3v) is 6.71. The molecule has 1 N–H and O–H groups in total. The van der Waals surface area contributed by atoms with E-state index >= 15 is 0 Å². The number of hydrogen-bond donors (Lipinski definition) is 1. The Hall–Kier alpha value is -2.20. The van der Waals surface area contributed by atoms with Crippen molar-refractivity contribution in [3.05, 3.63) is 63.7 Å². The van der Waals surface area contributed by atoms with Crippen LogP contribution in [-0.4, -0.2) is 44.4 Å². The maximum atomic E-state index is 13.4. The van der Waals surface area contributed by atoms with Crippen molar-refractivity contribution in [3.63, 3.8) is 0 Å². The molecule has 10 heteroatoms. The zero-order chi connectivity index (χ0) is 19.6. The normalized spacial score (nSPS) is 17.6. The molecule has 0 saturated carbocycles. The van der Waals surface area contributed by atoms with Crippen LogP contribution in [0.15, 0.2) is 47.4 Å². The van der Waals surface area contributed by atoms with Crippen molar-refractivity contribution in [3.8, 4) is 5.75 Å². The fourth-order valence-electron chi connectivity index (χ4n) is 3.29. The highest BCUT2D eigenvalue weighted by molar-refractivity contribution is 7.89. The molecule has 1 unspecified atom stereocenters. The van der Waals surface area contributed by atoms with Crippen LogP contribution in [0.2, 0.25) is 0 Å². The molecule has 0 radical (unpaired) electrons. The van der Waals surface area contributed by atoms with Crippen LogP contribution in [-0.2, 0) is 10.0 Å². The first-order valence-electron chi connectivity index (χ1n) is 8.47. The van der Waals surface area contributed by atoms with E-state index in [-0.39, 0.29) is 29.5 Å². The van der Waals surface area contributed by atoms with Gasteiger partial charge in [-0.1, -0.05) is 24.3 Å². The van der Waals surface area contributed by atoms with Gasteiger partial charge in [0.25, 0.3) is 5.69 Å². The van der Waals surface area contributed by atoms with Crippen LogP contribution in [0.5, 0.6) is 5.75 Å². The van der Waals surface area contributed by atoms with Gasteiger partial charge < -0.3 is 10.1 Å². The van der Waals surface area contributed by atoms with Crippen LogP contribution in [0.3, 0.4) is 0 Å². The average Bonchev–Trinajstić information content (AvgIpc) is 2.68. The molecule has 2 aromatic rings. The highest BCUT2D eigenvalue weighted by Gasteiger charge is 2.37. The second kappa shape index (κ2) is 8.87. The summed E-state index contributed by atoms with van der Waals surface area (Å²) in [5.74, 6) is 0.599. The van der Waals surface area contributed by atoms with E-state index in [4.69, 9.17) is 4.74 Å². The third kappa shape index (κ3) is 4.12. The van der Waals surface area contributed by atoms with E-state index in [1.54, 1.807) is 20.1 Å². The van der Waals surface area contributed by atoms with Crippen molar-refractivity contribution in [2.75, 3.05) is 26.7 Å². The molecule has 0 aliphatic carbocycles. The summed E-state index contributed by atoms with van der Waals surface area (Å²) in [6.45, 7) is 2.82. The van der Waals surface area contributed by atoms with Crippen molar-refractivity contribution in [2.24, 2.45) is 0 Å². The minimum Gasteiger partial charge on any atom is -0.496 e. The molecule has 1 heterocycles. The van der Waals surface area contributed by atoms with Crippen molar-refractivity contribution >= 4 is 28.1 Å². The molecule has 1 fully saturated rings. The largest absolute Gasteiger partial charge is 0.496 e. The number of hydrogen-bond acceptors (Lipinski definition) is 6. The van der Waals surface area contributed by atoms with Gasteiger partial charge in [0.1, 0.15) is 5.75 Å². The second-order valence-electron chi connectivity index (χ2n) is 6.28. The topological polar surface area (TPSA) is 102 Å². The van der Waals surface area contributed by atoms with Crippen LogP contribution in [0, 0.1) is 17.0 Å². The van der Waals surface area contributed by atoms with Gasteiger partial charge in [-0.2, -0.15) is 4.31 Å². The first-order valence-corrected chi connectivity index (χ1v) is 9.91. The summed E-state index contributed by atoms with van der Waals surface area (Å²) in [4.78, 5) is 10.5. The molecule has 2 aromatic carbocycles. The number of halogens is 1. The number of nitro groups is 1. The van der Waals surface area contributed by atoms with Crippen LogP contribution in [0.4, 0.5) is 5.69 Å². The summed E-state index contributed by atoms with van der Waals surface area (Å²) in [6, 6.07) is 10.7. The first-order chi connectivity index (χ1) is 12.9. The lowest BCUT2D eigenvalue weighted by molar-refractivity contribution is -0.385. The Morgan fingerprint density at radius 3 is 2.64 bits per heavy atom. The number of ether oxygens (including phenoxy) is 1. The summed E-state index contributed by atoms with van der Waals surface area (Å²) < 4.78 is 33.6. The smallest absolute Gasteiger partial charge is 0.270 e. The second-order valence-corrected chi connectivity index (χ2v) is 8.14. The molecule has 8 nitrogen and oxygen atoms in total. The van der Waals surface area contributed by atoms with Gasteiger partial charge in [0.2, 0.25) is 10.0 Å². The van der Waals surface area contributed by atoms with Crippen LogP contribution in [0.1, 0.15) is 17.2 Å². The quantitative estimate of drug-likeness (QED) is 0.581. The van der Waals surface area contributed by atoms with E-state index in [0.717, 1.165) is 11.6 Å². The van der Waals surface area contributed by atoms with Crippen molar-refractivity contribution in [1.82, 2.24) is 9.62 Å². The fraction of sp³-hybridized carbons (Fsp3) is 0.333. The molecule has 1 saturated heterocycles. The summed E-state index contributed by atoms with van der Waals surface area (Å²) in [7, 11) is -2.40. The molecule has 152 valence electrons. The highest BCUT2D eigenvalue weighted by Crippen LogP contribution is 2.35. The summed E-state index contributed by atoms with van der Waals surface area (Å²) >= 11 is 0. The maximum Gasteiger partial charge on any atom is 0.270 e. The molecule has 0 aromatic heterocycles. The third-order valence-electron chi connectivity index (χ3n) is 4.66. The van der Waals surface area contributed by atoms with E-state index in [2.05, 4.69) is 5.32 Å². The molecule has 0 bridgehead atoms. The molecule has 1 aliphatic heterocycles. The number of sulfonamides is 1. The fourth-order valence-corrected chi connectivity index (χ4v) is 5.14. The Kier molecular flexibility index (Phi) is 7.00. The van der Waals surface area contributed by atoms with Gasteiger partial charge in [-0.25, -0.2) is 8.42 Å². The van der Waals surface area contributed by atoms with E-state index in [0.29, 0.717) is 24.4 Å². The highest BCUT2D eigenvalue weighted by atomic mass is 35.5. The molecular formula is C18H22ClN3O5S. The number of non-ortho nitro benzene ring substituents is 1. The molecule has 0 spiro atoms. The minimum atomic E-state index is -3.94. The molecule has 3 rings (SSSR count). The Bertz CT molecular complexity index is 967. The van der Waals surface area contributed by atoms with Crippen molar-refractivity contribution in [2.45, 2.75) is 17.9 Å². The Balaban J connectivity index is 0.00000280. The van der Waals surface area contributed by atoms with Gasteiger partial charge in [0, 0.05) is 37.3 Å². The van der Waals surface area contributed by atoms with Crippen molar-refractivity contribution in [1.29, 1.82) is 0 Å². The van der Waals surface area contributed by atoms with Gasteiger partial charge in [-0.05, 0) is 18.6 Å².